The number of hydrogen-bond acceptors (Lipinski definition) is 3. The quantitative estimate of drug-likeness (QED) is 0.880. The van der Waals surface area contributed by atoms with E-state index in [0.717, 1.165) is 5.56 Å². The maximum absolute atomic E-state index is 12.1. The molecule has 0 saturated heterocycles. The van der Waals surface area contributed by atoms with Gasteiger partial charge in [0.1, 0.15) is 5.82 Å². The summed E-state index contributed by atoms with van der Waals surface area (Å²) < 4.78 is 1.60. The van der Waals surface area contributed by atoms with E-state index in [1.165, 1.54) is 0 Å². The number of hydrogen-bond donors (Lipinski definition) is 2. The highest BCUT2D eigenvalue weighted by Gasteiger charge is 2.15. The van der Waals surface area contributed by atoms with E-state index in [2.05, 4.69) is 10.4 Å². The predicted octanol–water partition coefficient (Wildman–Crippen LogP) is 1.98. The van der Waals surface area contributed by atoms with E-state index in [4.69, 9.17) is 5.73 Å². The summed E-state index contributed by atoms with van der Waals surface area (Å²) in [5, 5.41) is 7.06. The molecule has 0 spiro atoms. The fourth-order valence-electron chi connectivity index (χ4n) is 1.89. The van der Waals surface area contributed by atoms with Crippen LogP contribution in [0.1, 0.15) is 35.9 Å². The average molecular weight is 258 g/mol. The molecule has 5 heteroatoms. The van der Waals surface area contributed by atoms with Crippen LogP contribution in [0.3, 0.4) is 0 Å². The third-order valence-electron chi connectivity index (χ3n) is 2.99. The Bertz CT molecular complexity index is 562. The zero-order chi connectivity index (χ0) is 13.8. The molecule has 0 aliphatic heterocycles. The molecule has 0 radical (unpaired) electrons. The van der Waals surface area contributed by atoms with Crippen LogP contribution in [-0.4, -0.2) is 15.7 Å². The summed E-state index contributed by atoms with van der Waals surface area (Å²) in [7, 11) is 0. The van der Waals surface area contributed by atoms with E-state index in [0.29, 0.717) is 18.1 Å². The largest absolute Gasteiger partial charge is 0.384 e. The summed E-state index contributed by atoms with van der Waals surface area (Å²) in [6.45, 7) is 4.51. The van der Waals surface area contributed by atoms with E-state index in [1.54, 1.807) is 10.7 Å². The summed E-state index contributed by atoms with van der Waals surface area (Å²) in [6.07, 6.45) is 0. The maximum Gasteiger partial charge on any atom is 0.272 e. The highest BCUT2D eigenvalue weighted by Crippen LogP contribution is 2.13. The molecule has 0 aliphatic rings. The van der Waals surface area contributed by atoms with E-state index >= 15 is 0 Å². The Morgan fingerprint density at radius 2 is 2.11 bits per heavy atom. The molecular weight excluding hydrogens is 240 g/mol. The molecule has 1 unspecified atom stereocenters. The molecule has 3 N–H and O–H groups in total. The minimum atomic E-state index is -0.213. The van der Waals surface area contributed by atoms with Crippen LogP contribution in [0.15, 0.2) is 36.4 Å². The van der Waals surface area contributed by atoms with Crippen molar-refractivity contribution in [2.45, 2.75) is 26.4 Å². The molecule has 1 amide bonds. The molecule has 2 rings (SSSR count). The van der Waals surface area contributed by atoms with Crippen molar-refractivity contribution in [3.05, 3.63) is 47.7 Å². The van der Waals surface area contributed by atoms with Gasteiger partial charge in [-0.2, -0.15) is 5.10 Å². The standard InChI is InChI=1S/C14H18N4O/c1-3-18-13(15)9-12(17-18)14(19)16-10(2)11-7-5-4-6-8-11/h4-10H,3,15H2,1-2H3,(H,16,19). The highest BCUT2D eigenvalue weighted by molar-refractivity contribution is 5.93. The number of amides is 1. The van der Waals surface area contributed by atoms with Gasteiger partial charge in [-0.1, -0.05) is 30.3 Å². The van der Waals surface area contributed by atoms with Crippen molar-refractivity contribution in [3.63, 3.8) is 0 Å². The second-order valence-electron chi connectivity index (χ2n) is 4.38. The van der Waals surface area contributed by atoms with Crippen molar-refractivity contribution in [3.8, 4) is 0 Å². The summed E-state index contributed by atoms with van der Waals surface area (Å²) >= 11 is 0. The molecule has 1 heterocycles. The lowest BCUT2D eigenvalue weighted by atomic mass is 10.1. The number of carbonyl (C=O) groups is 1. The Balaban J connectivity index is 2.08. The summed E-state index contributed by atoms with van der Waals surface area (Å²) in [4.78, 5) is 12.1. The number of aryl methyl sites for hydroxylation is 1. The van der Waals surface area contributed by atoms with Gasteiger partial charge < -0.3 is 11.1 Å². The molecule has 0 fully saturated rings. The number of nitrogens with one attached hydrogen (secondary N) is 1. The Kier molecular flexibility index (Phi) is 3.85. The maximum atomic E-state index is 12.1. The Labute approximate surface area is 112 Å². The monoisotopic (exact) mass is 258 g/mol. The van der Waals surface area contributed by atoms with E-state index < -0.39 is 0 Å². The SMILES string of the molecule is CCn1nc(C(=O)NC(C)c2ccccc2)cc1N. The van der Waals surface area contributed by atoms with Gasteiger partial charge in [0.05, 0.1) is 6.04 Å². The number of anilines is 1. The van der Waals surface area contributed by atoms with Crippen LogP contribution in [0.5, 0.6) is 0 Å². The predicted molar refractivity (Wildman–Crippen MR) is 74.6 cm³/mol. The van der Waals surface area contributed by atoms with E-state index in [9.17, 15) is 4.79 Å². The van der Waals surface area contributed by atoms with Crippen LogP contribution in [0.25, 0.3) is 0 Å². The smallest absolute Gasteiger partial charge is 0.272 e. The molecule has 2 aromatic rings. The van der Waals surface area contributed by atoms with Crippen LogP contribution < -0.4 is 11.1 Å². The number of carbonyl (C=O) groups excluding carboxylic acids is 1. The Hall–Kier alpha value is -2.30. The van der Waals surface area contributed by atoms with Gasteiger partial charge in [0.15, 0.2) is 5.69 Å². The zero-order valence-electron chi connectivity index (χ0n) is 11.1. The molecule has 0 saturated carbocycles. The van der Waals surface area contributed by atoms with Crippen LogP contribution in [-0.2, 0) is 6.54 Å². The minimum Gasteiger partial charge on any atom is -0.384 e. The number of benzene rings is 1. The molecule has 0 aliphatic carbocycles. The first-order valence-electron chi connectivity index (χ1n) is 6.31. The lowest BCUT2D eigenvalue weighted by Crippen LogP contribution is -2.27. The van der Waals surface area contributed by atoms with Crippen LogP contribution in [0.4, 0.5) is 5.82 Å². The van der Waals surface area contributed by atoms with Gasteiger partial charge in [0, 0.05) is 12.6 Å². The third-order valence-corrected chi connectivity index (χ3v) is 2.99. The van der Waals surface area contributed by atoms with Crippen LogP contribution in [0.2, 0.25) is 0 Å². The number of nitrogen functional groups attached to an aromatic ring is 1. The lowest BCUT2D eigenvalue weighted by molar-refractivity contribution is 0.0934. The van der Waals surface area contributed by atoms with Crippen LogP contribution >= 0.6 is 0 Å². The molecule has 1 aromatic heterocycles. The molecule has 1 atom stereocenters. The van der Waals surface area contributed by atoms with E-state index in [-0.39, 0.29) is 11.9 Å². The fourth-order valence-corrected chi connectivity index (χ4v) is 1.89. The first kappa shape index (κ1) is 13.1. The van der Waals surface area contributed by atoms with E-state index in [1.807, 2.05) is 44.2 Å². The number of aromatic nitrogens is 2. The van der Waals surface area contributed by atoms with Gasteiger partial charge in [0.25, 0.3) is 5.91 Å². The second-order valence-corrected chi connectivity index (χ2v) is 4.38. The van der Waals surface area contributed by atoms with Crippen LogP contribution in [0, 0.1) is 0 Å². The van der Waals surface area contributed by atoms with Crippen molar-refractivity contribution in [2.75, 3.05) is 5.73 Å². The van der Waals surface area contributed by atoms with Crippen molar-refractivity contribution in [1.82, 2.24) is 15.1 Å². The highest BCUT2D eigenvalue weighted by atomic mass is 16.2. The Morgan fingerprint density at radius 3 is 2.68 bits per heavy atom. The molecule has 0 bridgehead atoms. The Morgan fingerprint density at radius 1 is 1.42 bits per heavy atom. The fraction of sp³-hybridized carbons (Fsp3) is 0.286. The number of rotatable bonds is 4. The average Bonchev–Trinajstić information content (AvgIpc) is 2.81. The van der Waals surface area contributed by atoms with Crippen molar-refractivity contribution < 1.29 is 4.79 Å². The lowest BCUT2D eigenvalue weighted by Gasteiger charge is -2.13. The van der Waals surface area contributed by atoms with Gasteiger partial charge >= 0.3 is 0 Å². The number of nitrogens with zero attached hydrogens (tertiary/aromatic N) is 2. The summed E-state index contributed by atoms with van der Waals surface area (Å²) in [6, 6.07) is 11.3. The third kappa shape index (κ3) is 2.93. The number of nitrogens with two attached hydrogens (primary N) is 1. The first-order chi connectivity index (χ1) is 9.11. The van der Waals surface area contributed by atoms with Gasteiger partial charge in [-0.25, -0.2) is 4.68 Å². The van der Waals surface area contributed by atoms with Gasteiger partial charge in [-0.3, -0.25) is 4.79 Å². The van der Waals surface area contributed by atoms with Crippen molar-refractivity contribution in [2.24, 2.45) is 0 Å². The summed E-state index contributed by atoms with van der Waals surface area (Å²) in [5.41, 5.74) is 7.16. The van der Waals surface area contributed by atoms with Gasteiger partial charge in [0.2, 0.25) is 0 Å². The topological polar surface area (TPSA) is 72.9 Å². The molecule has 19 heavy (non-hydrogen) atoms. The molecule has 1 aromatic carbocycles. The second kappa shape index (κ2) is 5.56. The zero-order valence-corrected chi connectivity index (χ0v) is 11.1. The summed E-state index contributed by atoms with van der Waals surface area (Å²) in [5.74, 6) is 0.287. The molecule has 100 valence electrons. The van der Waals surface area contributed by atoms with Gasteiger partial charge in [-0.05, 0) is 19.4 Å². The molecule has 5 nitrogen and oxygen atoms in total. The first-order valence-corrected chi connectivity index (χ1v) is 6.31. The molecular formula is C14H18N4O. The van der Waals surface area contributed by atoms with Crippen molar-refractivity contribution in [1.29, 1.82) is 0 Å². The van der Waals surface area contributed by atoms with Gasteiger partial charge in [-0.15, -0.1) is 0 Å². The normalized spacial score (nSPS) is 12.1. The minimum absolute atomic E-state index is 0.0679. The van der Waals surface area contributed by atoms with Crippen molar-refractivity contribution >= 4 is 11.7 Å².